The molecule has 0 bridgehead atoms. The predicted octanol–water partition coefficient (Wildman–Crippen LogP) is 4.44. The lowest BCUT2D eigenvalue weighted by Crippen LogP contribution is -2.31. The molecule has 3 aromatic carbocycles. The molecular formula is C25H22N2O3S. The van der Waals surface area contributed by atoms with E-state index in [-0.39, 0.29) is 24.7 Å². The molecule has 1 aromatic heterocycles. The van der Waals surface area contributed by atoms with E-state index in [2.05, 4.69) is 10.3 Å². The third kappa shape index (κ3) is 5.16. The van der Waals surface area contributed by atoms with Gasteiger partial charge in [-0.15, -0.1) is 11.3 Å². The number of ketones is 1. The summed E-state index contributed by atoms with van der Waals surface area (Å²) in [6.45, 7) is 0.0185. The molecule has 31 heavy (non-hydrogen) atoms. The predicted molar refractivity (Wildman–Crippen MR) is 123 cm³/mol. The van der Waals surface area contributed by atoms with Crippen LogP contribution in [0.3, 0.4) is 0 Å². The van der Waals surface area contributed by atoms with Crippen molar-refractivity contribution in [3.8, 4) is 16.9 Å². The highest BCUT2D eigenvalue weighted by molar-refractivity contribution is 7.18. The van der Waals surface area contributed by atoms with Gasteiger partial charge in [0.2, 0.25) is 5.91 Å². The van der Waals surface area contributed by atoms with Crippen molar-refractivity contribution in [1.29, 1.82) is 0 Å². The summed E-state index contributed by atoms with van der Waals surface area (Å²) >= 11 is 1.48. The number of thiazole rings is 1. The maximum atomic E-state index is 12.3. The van der Waals surface area contributed by atoms with Crippen molar-refractivity contribution in [2.75, 3.05) is 13.7 Å². The van der Waals surface area contributed by atoms with Gasteiger partial charge in [0.25, 0.3) is 0 Å². The highest BCUT2D eigenvalue weighted by atomic mass is 32.1. The van der Waals surface area contributed by atoms with Gasteiger partial charge in [0.05, 0.1) is 30.3 Å². The first kappa shape index (κ1) is 20.8. The van der Waals surface area contributed by atoms with E-state index in [9.17, 15) is 9.59 Å². The fourth-order valence-electron chi connectivity index (χ4n) is 3.37. The van der Waals surface area contributed by atoms with Crippen LogP contribution in [0.25, 0.3) is 21.3 Å². The van der Waals surface area contributed by atoms with Crippen LogP contribution in [0.4, 0.5) is 0 Å². The first-order chi connectivity index (χ1) is 15.1. The van der Waals surface area contributed by atoms with Gasteiger partial charge < -0.3 is 10.1 Å². The van der Waals surface area contributed by atoms with Crippen molar-refractivity contribution in [3.05, 3.63) is 83.4 Å². The van der Waals surface area contributed by atoms with E-state index in [0.717, 1.165) is 32.7 Å². The Bertz CT molecular complexity index is 1200. The van der Waals surface area contributed by atoms with Crippen LogP contribution in [0.15, 0.2) is 72.8 Å². The Morgan fingerprint density at radius 1 is 0.968 bits per heavy atom. The third-order valence-corrected chi connectivity index (χ3v) is 5.90. The molecule has 0 aliphatic carbocycles. The van der Waals surface area contributed by atoms with Crippen LogP contribution in [-0.2, 0) is 22.4 Å². The molecule has 0 atom stereocenters. The summed E-state index contributed by atoms with van der Waals surface area (Å²) in [5.41, 5.74) is 3.79. The molecule has 0 saturated carbocycles. The first-order valence-electron chi connectivity index (χ1n) is 9.97. The Kier molecular flexibility index (Phi) is 6.38. The summed E-state index contributed by atoms with van der Waals surface area (Å²) < 4.78 is 6.55. The number of ether oxygens (including phenoxy) is 1. The fraction of sp³-hybridized carbons (Fsp3) is 0.160. The Morgan fingerprint density at radius 2 is 1.68 bits per heavy atom. The third-order valence-electron chi connectivity index (χ3n) is 4.88. The number of hydrogen-bond donors (Lipinski definition) is 1. The van der Waals surface area contributed by atoms with Crippen LogP contribution in [0.2, 0.25) is 0 Å². The van der Waals surface area contributed by atoms with Crippen molar-refractivity contribution in [2.24, 2.45) is 0 Å². The molecule has 1 amide bonds. The summed E-state index contributed by atoms with van der Waals surface area (Å²) in [6.07, 6.45) is 0.450. The van der Waals surface area contributed by atoms with E-state index in [1.54, 1.807) is 7.11 Å². The van der Waals surface area contributed by atoms with Crippen molar-refractivity contribution in [2.45, 2.75) is 12.8 Å². The molecule has 1 heterocycles. The Hall–Kier alpha value is -3.51. The zero-order valence-electron chi connectivity index (χ0n) is 17.1. The summed E-state index contributed by atoms with van der Waals surface area (Å²) in [6, 6.07) is 23.5. The van der Waals surface area contributed by atoms with E-state index >= 15 is 0 Å². The Morgan fingerprint density at radius 3 is 2.39 bits per heavy atom. The smallest absolute Gasteiger partial charge is 0.227 e. The number of hydrogen-bond acceptors (Lipinski definition) is 5. The van der Waals surface area contributed by atoms with Crippen LogP contribution in [0.1, 0.15) is 10.6 Å². The zero-order valence-corrected chi connectivity index (χ0v) is 17.9. The molecule has 0 radical (unpaired) electrons. The summed E-state index contributed by atoms with van der Waals surface area (Å²) in [5.74, 6) is 0.503. The average molecular weight is 431 g/mol. The van der Waals surface area contributed by atoms with Gasteiger partial charge in [-0.2, -0.15) is 0 Å². The van der Waals surface area contributed by atoms with E-state index in [0.29, 0.717) is 11.4 Å². The molecule has 4 rings (SSSR count). The Balaban J connectivity index is 1.42. The number of nitrogens with zero attached hydrogens (tertiary/aromatic N) is 1. The van der Waals surface area contributed by atoms with Gasteiger partial charge in [-0.1, -0.05) is 60.7 Å². The highest BCUT2D eigenvalue weighted by Gasteiger charge is 2.14. The number of methoxy groups -OCH3 is 1. The molecule has 1 N–H and O–H groups in total. The largest absolute Gasteiger partial charge is 0.496 e. The SMILES string of the molecule is COc1cc2nc(CC(=O)NCC(=O)Cc3ccccc3)sc2cc1-c1ccccc1. The van der Waals surface area contributed by atoms with Crippen molar-refractivity contribution in [1.82, 2.24) is 10.3 Å². The summed E-state index contributed by atoms with van der Waals surface area (Å²) in [4.78, 5) is 29.0. The minimum atomic E-state index is -0.212. The number of fused-ring (bicyclic) bond motifs is 1. The van der Waals surface area contributed by atoms with Crippen molar-refractivity contribution >= 4 is 33.2 Å². The Labute approximate surface area is 184 Å². The second kappa shape index (κ2) is 9.53. The summed E-state index contributed by atoms with van der Waals surface area (Å²) in [5, 5.41) is 3.41. The molecule has 5 nitrogen and oxygen atoms in total. The standard InChI is InChI=1S/C25H22N2O3S/c1-30-22-14-21-23(13-20(22)18-10-6-3-7-11-18)31-25(27-21)15-24(29)26-16-19(28)12-17-8-4-2-5-9-17/h2-11,13-14H,12,15-16H2,1H3,(H,26,29). The lowest BCUT2D eigenvalue weighted by molar-refractivity contribution is -0.124. The van der Waals surface area contributed by atoms with Crippen LogP contribution in [0.5, 0.6) is 5.75 Å². The molecule has 0 fully saturated rings. The van der Waals surface area contributed by atoms with Crippen molar-refractivity contribution < 1.29 is 14.3 Å². The number of rotatable bonds is 8. The highest BCUT2D eigenvalue weighted by Crippen LogP contribution is 2.36. The maximum Gasteiger partial charge on any atom is 0.227 e. The van der Waals surface area contributed by atoms with Crippen molar-refractivity contribution in [3.63, 3.8) is 0 Å². The number of benzene rings is 3. The number of amides is 1. The molecule has 6 heteroatoms. The fourth-order valence-corrected chi connectivity index (χ4v) is 4.36. The van der Waals surface area contributed by atoms with Gasteiger partial charge >= 0.3 is 0 Å². The topological polar surface area (TPSA) is 68.3 Å². The van der Waals surface area contributed by atoms with E-state index < -0.39 is 0 Å². The maximum absolute atomic E-state index is 12.3. The van der Waals surface area contributed by atoms with Gasteiger partial charge in [-0.3, -0.25) is 9.59 Å². The number of carbonyl (C=O) groups is 2. The number of carbonyl (C=O) groups excluding carboxylic acids is 2. The molecule has 0 saturated heterocycles. The lowest BCUT2D eigenvalue weighted by Gasteiger charge is -2.08. The average Bonchev–Trinajstić information content (AvgIpc) is 3.19. The molecular weight excluding hydrogens is 408 g/mol. The van der Waals surface area contributed by atoms with Crippen LogP contribution in [-0.4, -0.2) is 30.3 Å². The quantitative estimate of drug-likeness (QED) is 0.449. The molecule has 0 spiro atoms. The molecule has 0 unspecified atom stereocenters. The number of nitrogens with one attached hydrogen (secondary N) is 1. The van der Waals surface area contributed by atoms with Gasteiger partial charge in [0.1, 0.15) is 10.8 Å². The van der Waals surface area contributed by atoms with Gasteiger partial charge in [0.15, 0.2) is 5.78 Å². The van der Waals surface area contributed by atoms with Crippen LogP contribution in [0, 0.1) is 0 Å². The van der Waals surface area contributed by atoms with Gasteiger partial charge in [-0.05, 0) is 17.2 Å². The van der Waals surface area contributed by atoms with Gasteiger partial charge in [-0.25, -0.2) is 4.98 Å². The molecule has 0 aliphatic heterocycles. The minimum Gasteiger partial charge on any atom is -0.496 e. The second-order valence-corrected chi connectivity index (χ2v) is 8.26. The molecule has 156 valence electrons. The van der Waals surface area contributed by atoms with E-state index in [4.69, 9.17) is 4.74 Å². The second-order valence-electron chi connectivity index (χ2n) is 7.15. The van der Waals surface area contributed by atoms with E-state index in [1.807, 2.05) is 72.8 Å². The van der Waals surface area contributed by atoms with Crippen LogP contribution < -0.4 is 10.1 Å². The lowest BCUT2D eigenvalue weighted by atomic mass is 10.0. The number of Topliss-reactive ketones (excluding diaryl/α,β-unsaturated/α-hetero) is 1. The zero-order chi connectivity index (χ0) is 21.6. The normalized spacial score (nSPS) is 10.7. The van der Waals surface area contributed by atoms with Crippen LogP contribution >= 0.6 is 11.3 Å². The monoisotopic (exact) mass is 430 g/mol. The molecule has 0 aliphatic rings. The molecule has 4 aromatic rings. The summed E-state index contributed by atoms with van der Waals surface area (Å²) in [7, 11) is 1.64. The minimum absolute atomic E-state index is 0.0185. The van der Waals surface area contributed by atoms with E-state index in [1.165, 1.54) is 11.3 Å². The number of aromatic nitrogens is 1. The van der Waals surface area contributed by atoms with Gasteiger partial charge in [0, 0.05) is 18.1 Å². The first-order valence-corrected chi connectivity index (χ1v) is 10.8.